The first kappa shape index (κ1) is 19.1. The standard InChI is InChI=1S/C16H18F3N5O3/c1-27-9-13(25)23-6-3-10(16(17,18)19)11(8-23)22-14(26)12-7-21-15-20-4-2-5-24(12)15/h2,4-5,7,10-11H,3,6,8-9H2,1H3,(H,22,26). The predicted octanol–water partition coefficient (Wildman–Crippen LogP) is 0.885. The number of hydrogen-bond acceptors (Lipinski definition) is 5. The molecule has 3 heterocycles. The monoisotopic (exact) mass is 385 g/mol. The number of methoxy groups -OCH3 is 1. The molecule has 1 fully saturated rings. The van der Waals surface area contributed by atoms with Crippen molar-refractivity contribution < 1.29 is 27.5 Å². The summed E-state index contributed by atoms with van der Waals surface area (Å²) in [4.78, 5) is 33.7. The highest BCUT2D eigenvalue weighted by atomic mass is 19.4. The van der Waals surface area contributed by atoms with Gasteiger partial charge in [-0.3, -0.25) is 14.0 Å². The molecule has 0 radical (unpaired) electrons. The van der Waals surface area contributed by atoms with Gasteiger partial charge in [0.15, 0.2) is 0 Å². The highest BCUT2D eigenvalue weighted by Crippen LogP contribution is 2.34. The molecule has 1 aliphatic heterocycles. The van der Waals surface area contributed by atoms with E-state index in [1.54, 1.807) is 12.3 Å². The first-order valence-electron chi connectivity index (χ1n) is 8.23. The maximum Gasteiger partial charge on any atom is 0.393 e. The first-order chi connectivity index (χ1) is 12.8. The third-order valence-electron chi connectivity index (χ3n) is 4.49. The number of ether oxygens (including phenoxy) is 1. The van der Waals surface area contributed by atoms with Crippen molar-refractivity contribution >= 4 is 17.6 Å². The highest BCUT2D eigenvalue weighted by molar-refractivity contribution is 5.93. The molecule has 3 rings (SSSR count). The van der Waals surface area contributed by atoms with Crippen LogP contribution in [0, 0.1) is 5.92 Å². The van der Waals surface area contributed by atoms with E-state index < -0.39 is 30.0 Å². The smallest absolute Gasteiger partial charge is 0.375 e. The number of likely N-dealkylation sites (tertiary alicyclic amines) is 1. The molecule has 1 N–H and O–H groups in total. The molecular weight excluding hydrogens is 367 g/mol. The zero-order valence-electron chi connectivity index (χ0n) is 14.4. The van der Waals surface area contributed by atoms with Crippen molar-refractivity contribution in [2.45, 2.75) is 18.6 Å². The molecule has 146 valence electrons. The van der Waals surface area contributed by atoms with Gasteiger partial charge in [-0.2, -0.15) is 13.2 Å². The number of amides is 2. The van der Waals surface area contributed by atoms with Crippen molar-refractivity contribution in [3.05, 3.63) is 30.4 Å². The molecule has 27 heavy (non-hydrogen) atoms. The number of fused-ring (bicyclic) bond motifs is 1. The van der Waals surface area contributed by atoms with E-state index >= 15 is 0 Å². The second-order valence-electron chi connectivity index (χ2n) is 6.22. The van der Waals surface area contributed by atoms with Gasteiger partial charge in [-0.15, -0.1) is 0 Å². The Hall–Kier alpha value is -2.69. The summed E-state index contributed by atoms with van der Waals surface area (Å²) >= 11 is 0. The van der Waals surface area contributed by atoms with Crippen molar-refractivity contribution in [1.82, 2.24) is 24.6 Å². The molecule has 2 aromatic heterocycles. The summed E-state index contributed by atoms with van der Waals surface area (Å²) in [5, 5.41) is 2.41. The minimum Gasteiger partial charge on any atom is -0.375 e. The van der Waals surface area contributed by atoms with Crippen LogP contribution in [0.2, 0.25) is 0 Å². The average molecular weight is 385 g/mol. The zero-order valence-corrected chi connectivity index (χ0v) is 14.4. The van der Waals surface area contributed by atoms with E-state index in [-0.39, 0.29) is 37.6 Å². The highest BCUT2D eigenvalue weighted by Gasteiger charge is 2.48. The molecule has 2 aromatic rings. The van der Waals surface area contributed by atoms with Gasteiger partial charge in [-0.1, -0.05) is 0 Å². The number of carbonyl (C=O) groups excluding carboxylic acids is 2. The predicted molar refractivity (Wildman–Crippen MR) is 86.9 cm³/mol. The van der Waals surface area contributed by atoms with Gasteiger partial charge in [0.25, 0.3) is 5.91 Å². The van der Waals surface area contributed by atoms with E-state index in [1.165, 1.54) is 28.8 Å². The molecule has 0 saturated carbocycles. The number of carbonyl (C=O) groups is 2. The Labute approximate surface area is 152 Å². The van der Waals surface area contributed by atoms with Crippen LogP contribution in [0.1, 0.15) is 16.9 Å². The first-order valence-corrected chi connectivity index (χ1v) is 8.23. The van der Waals surface area contributed by atoms with E-state index in [0.717, 1.165) is 0 Å². The Morgan fingerprint density at radius 1 is 1.37 bits per heavy atom. The van der Waals surface area contributed by atoms with Crippen LogP contribution in [0.5, 0.6) is 0 Å². The minimum atomic E-state index is -4.49. The molecule has 0 spiro atoms. The lowest BCUT2D eigenvalue weighted by Crippen LogP contribution is -2.58. The number of halogens is 3. The number of rotatable bonds is 4. The van der Waals surface area contributed by atoms with Crippen molar-refractivity contribution in [2.75, 3.05) is 26.8 Å². The molecule has 0 bridgehead atoms. The third-order valence-corrected chi connectivity index (χ3v) is 4.49. The number of imidazole rings is 1. The van der Waals surface area contributed by atoms with E-state index in [0.29, 0.717) is 0 Å². The maximum atomic E-state index is 13.4. The largest absolute Gasteiger partial charge is 0.393 e. The van der Waals surface area contributed by atoms with Crippen molar-refractivity contribution in [1.29, 1.82) is 0 Å². The molecule has 8 nitrogen and oxygen atoms in total. The Bertz CT molecular complexity index is 838. The summed E-state index contributed by atoms with van der Waals surface area (Å²) in [7, 11) is 1.33. The van der Waals surface area contributed by atoms with Crippen LogP contribution in [0.3, 0.4) is 0 Å². The molecule has 2 atom stereocenters. The Balaban J connectivity index is 1.81. The normalized spacial score (nSPS) is 20.7. The lowest BCUT2D eigenvalue weighted by molar-refractivity contribution is -0.193. The van der Waals surface area contributed by atoms with E-state index in [9.17, 15) is 22.8 Å². The second-order valence-corrected chi connectivity index (χ2v) is 6.22. The Morgan fingerprint density at radius 3 is 2.85 bits per heavy atom. The van der Waals surface area contributed by atoms with Gasteiger partial charge < -0.3 is 15.0 Å². The fourth-order valence-corrected chi connectivity index (χ4v) is 3.17. The van der Waals surface area contributed by atoms with Crippen LogP contribution in [-0.2, 0) is 9.53 Å². The topological polar surface area (TPSA) is 88.8 Å². The molecule has 2 amide bonds. The van der Waals surface area contributed by atoms with Gasteiger partial charge in [-0.25, -0.2) is 9.97 Å². The van der Waals surface area contributed by atoms with Crippen molar-refractivity contribution in [3.63, 3.8) is 0 Å². The molecule has 1 saturated heterocycles. The Kier molecular flexibility index (Phi) is 5.31. The summed E-state index contributed by atoms with van der Waals surface area (Å²) in [6.07, 6.45) is -0.504. The van der Waals surface area contributed by atoms with Crippen LogP contribution < -0.4 is 5.32 Å². The van der Waals surface area contributed by atoms with Crippen LogP contribution in [0.25, 0.3) is 5.78 Å². The van der Waals surface area contributed by atoms with Gasteiger partial charge in [-0.05, 0) is 12.5 Å². The molecular formula is C16H18F3N5O3. The SMILES string of the molecule is COCC(=O)N1CCC(C(F)(F)F)C(NC(=O)c2cnc3ncccn23)C1. The summed E-state index contributed by atoms with van der Waals surface area (Å²) in [5.41, 5.74) is 0.0689. The fourth-order valence-electron chi connectivity index (χ4n) is 3.17. The molecule has 0 aromatic carbocycles. The fraction of sp³-hybridized carbons (Fsp3) is 0.500. The lowest BCUT2D eigenvalue weighted by Gasteiger charge is -2.39. The number of nitrogens with one attached hydrogen (secondary N) is 1. The lowest BCUT2D eigenvalue weighted by atomic mass is 9.90. The maximum absolute atomic E-state index is 13.4. The molecule has 11 heteroatoms. The minimum absolute atomic E-state index is 0.0434. The zero-order chi connectivity index (χ0) is 19.6. The summed E-state index contributed by atoms with van der Waals surface area (Å²) in [5.74, 6) is -2.62. The van der Waals surface area contributed by atoms with Crippen LogP contribution in [-0.4, -0.2) is 70.1 Å². The average Bonchev–Trinajstić information content (AvgIpc) is 3.05. The summed E-state index contributed by atoms with van der Waals surface area (Å²) in [6.45, 7) is -0.512. The van der Waals surface area contributed by atoms with Gasteiger partial charge in [0, 0.05) is 32.6 Å². The van der Waals surface area contributed by atoms with Crippen molar-refractivity contribution in [3.8, 4) is 0 Å². The van der Waals surface area contributed by atoms with Gasteiger partial charge in [0.05, 0.1) is 18.2 Å². The van der Waals surface area contributed by atoms with Gasteiger partial charge in [0.1, 0.15) is 12.3 Å². The van der Waals surface area contributed by atoms with E-state index in [1.807, 2.05) is 0 Å². The van der Waals surface area contributed by atoms with Gasteiger partial charge in [0.2, 0.25) is 11.7 Å². The van der Waals surface area contributed by atoms with E-state index in [2.05, 4.69) is 15.3 Å². The van der Waals surface area contributed by atoms with E-state index in [4.69, 9.17) is 4.74 Å². The second kappa shape index (κ2) is 7.51. The number of piperidine rings is 1. The molecule has 2 unspecified atom stereocenters. The molecule has 1 aliphatic rings. The Morgan fingerprint density at radius 2 is 2.15 bits per heavy atom. The summed E-state index contributed by atoms with van der Waals surface area (Å²) < 4.78 is 46.4. The van der Waals surface area contributed by atoms with Crippen molar-refractivity contribution in [2.24, 2.45) is 5.92 Å². The van der Waals surface area contributed by atoms with Gasteiger partial charge >= 0.3 is 6.18 Å². The van der Waals surface area contributed by atoms with Crippen LogP contribution in [0.4, 0.5) is 13.2 Å². The quantitative estimate of drug-likeness (QED) is 0.844. The van der Waals surface area contributed by atoms with Crippen LogP contribution in [0.15, 0.2) is 24.7 Å². The number of hydrogen-bond donors (Lipinski definition) is 1. The van der Waals surface area contributed by atoms with Crippen LogP contribution >= 0.6 is 0 Å². The number of aromatic nitrogens is 3. The third kappa shape index (κ3) is 4.02. The number of alkyl halides is 3. The number of nitrogens with zero attached hydrogens (tertiary/aromatic N) is 4. The summed E-state index contributed by atoms with van der Waals surface area (Å²) in [6, 6.07) is 0.310. The molecule has 0 aliphatic carbocycles.